The lowest BCUT2D eigenvalue weighted by molar-refractivity contribution is 0.318. The Morgan fingerprint density at radius 2 is 2.00 bits per heavy atom. The number of phenols is 1. The maximum atomic E-state index is 9.81. The highest BCUT2D eigenvalue weighted by Gasteiger charge is 2.08. The molecule has 0 bridgehead atoms. The Kier molecular flexibility index (Phi) is 4.86. The molecule has 110 valence electrons. The number of aliphatic imine (C=N–C) groups is 1. The van der Waals surface area contributed by atoms with Gasteiger partial charge in [-0.3, -0.25) is 4.99 Å². The number of aryl methyl sites for hydroxylation is 2. The van der Waals surface area contributed by atoms with Gasteiger partial charge < -0.3 is 9.84 Å². The third-order valence-corrected chi connectivity index (χ3v) is 3.34. The average Bonchev–Trinajstić information content (AvgIpc) is 2.43. The molecular formula is C17H18ClNO2. The molecule has 3 nitrogen and oxygen atoms in total. The molecule has 0 aliphatic heterocycles. The Balaban J connectivity index is 2.32. The van der Waals surface area contributed by atoms with E-state index in [0.29, 0.717) is 12.4 Å². The van der Waals surface area contributed by atoms with Crippen LogP contribution in [0.2, 0.25) is 5.02 Å². The van der Waals surface area contributed by atoms with E-state index in [1.54, 1.807) is 18.3 Å². The smallest absolute Gasteiger partial charge is 0.176 e. The molecule has 0 aromatic heterocycles. The van der Waals surface area contributed by atoms with Crippen molar-refractivity contribution in [2.24, 2.45) is 4.99 Å². The van der Waals surface area contributed by atoms with Crippen LogP contribution < -0.4 is 4.74 Å². The lowest BCUT2D eigenvalue weighted by atomic mass is 10.1. The Labute approximate surface area is 129 Å². The Morgan fingerprint density at radius 3 is 2.67 bits per heavy atom. The van der Waals surface area contributed by atoms with Crippen LogP contribution in [0.25, 0.3) is 0 Å². The number of halogens is 1. The number of nitrogens with zero attached hydrogens (tertiary/aromatic N) is 1. The highest BCUT2D eigenvalue weighted by Crippen LogP contribution is 2.35. The van der Waals surface area contributed by atoms with Crippen LogP contribution in [0, 0.1) is 13.8 Å². The summed E-state index contributed by atoms with van der Waals surface area (Å²) in [6.45, 7) is 6.38. The zero-order valence-electron chi connectivity index (χ0n) is 12.4. The number of rotatable bonds is 4. The molecule has 0 fully saturated rings. The van der Waals surface area contributed by atoms with Crippen LogP contribution in [0.4, 0.5) is 5.69 Å². The Bertz CT molecular complexity index is 681. The van der Waals surface area contributed by atoms with Crippen molar-refractivity contribution in [2.75, 3.05) is 6.61 Å². The van der Waals surface area contributed by atoms with E-state index in [1.807, 2.05) is 26.0 Å². The molecule has 0 aliphatic carbocycles. The molecule has 2 rings (SSSR count). The van der Waals surface area contributed by atoms with Gasteiger partial charge in [-0.25, -0.2) is 0 Å². The molecule has 0 aliphatic rings. The summed E-state index contributed by atoms with van der Waals surface area (Å²) in [5.41, 5.74) is 4.00. The minimum atomic E-state index is -0.0396. The van der Waals surface area contributed by atoms with Crippen LogP contribution >= 0.6 is 11.6 Å². The highest BCUT2D eigenvalue weighted by atomic mass is 35.5. The van der Waals surface area contributed by atoms with Gasteiger partial charge in [-0.2, -0.15) is 0 Å². The van der Waals surface area contributed by atoms with Crippen LogP contribution in [0.3, 0.4) is 0 Å². The predicted molar refractivity (Wildman–Crippen MR) is 87.5 cm³/mol. The fourth-order valence-electron chi connectivity index (χ4n) is 2.03. The molecule has 0 amide bonds. The molecule has 0 heterocycles. The van der Waals surface area contributed by atoms with E-state index < -0.39 is 0 Å². The lowest BCUT2D eigenvalue weighted by Gasteiger charge is -2.08. The minimum Gasteiger partial charge on any atom is -0.503 e. The van der Waals surface area contributed by atoms with E-state index in [1.165, 1.54) is 5.56 Å². The van der Waals surface area contributed by atoms with Crippen molar-refractivity contribution in [3.63, 3.8) is 0 Å². The normalized spacial score (nSPS) is 11.0. The van der Waals surface area contributed by atoms with Gasteiger partial charge >= 0.3 is 0 Å². The van der Waals surface area contributed by atoms with Gasteiger partial charge in [0.05, 0.1) is 17.3 Å². The van der Waals surface area contributed by atoms with Gasteiger partial charge in [0.15, 0.2) is 11.5 Å². The highest BCUT2D eigenvalue weighted by molar-refractivity contribution is 6.32. The van der Waals surface area contributed by atoms with Crippen molar-refractivity contribution in [2.45, 2.75) is 20.8 Å². The third-order valence-electron chi connectivity index (χ3n) is 3.06. The maximum Gasteiger partial charge on any atom is 0.176 e. The van der Waals surface area contributed by atoms with Gasteiger partial charge in [0.2, 0.25) is 0 Å². The first-order valence-electron chi connectivity index (χ1n) is 6.78. The van der Waals surface area contributed by atoms with E-state index in [4.69, 9.17) is 16.3 Å². The summed E-state index contributed by atoms with van der Waals surface area (Å²) in [5, 5.41) is 10.1. The fraction of sp³-hybridized carbons (Fsp3) is 0.235. The third kappa shape index (κ3) is 3.76. The number of ether oxygens (including phenoxy) is 1. The van der Waals surface area contributed by atoms with E-state index in [-0.39, 0.29) is 10.8 Å². The molecule has 0 radical (unpaired) electrons. The summed E-state index contributed by atoms with van der Waals surface area (Å²) in [4.78, 5) is 4.47. The Morgan fingerprint density at radius 1 is 1.24 bits per heavy atom. The van der Waals surface area contributed by atoms with E-state index in [2.05, 4.69) is 18.0 Å². The number of phenolic OH excluding ortho intramolecular Hbond substituents is 1. The van der Waals surface area contributed by atoms with Gasteiger partial charge in [0, 0.05) is 6.21 Å². The van der Waals surface area contributed by atoms with Crippen molar-refractivity contribution in [1.29, 1.82) is 0 Å². The van der Waals surface area contributed by atoms with Gasteiger partial charge in [-0.1, -0.05) is 29.3 Å². The lowest BCUT2D eigenvalue weighted by Crippen LogP contribution is -1.94. The minimum absolute atomic E-state index is 0.0396. The summed E-state index contributed by atoms with van der Waals surface area (Å²) in [6, 6.07) is 9.47. The number of benzene rings is 2. The number of aromatic hydroxyl groups is 1. The SMILES string of the molecule is CCOc1cc(C=Nc2ccc(C)cc2C)cc(Cl)c1O. The largest absolute Gasteiger partial charge is 0.503 e. The molecular weight excluding hydrogens is 286 g/mol. The van der Waals surface area contributed by atoms with Gasteiger partial charge in [-0.15, -0.1) is 0 Å². The van der Waals surface area contributed by atoms with Crippen LogP contribution in [0.5, 0.6) is 11.5 Å². The Hall–Kier alpha value is -2.00. The molecule has 0 saturated heterocycles. The maximum absolute atomic E-state index is 9.81. The first kappa shape index (κ1) is 15.4. The van der Waals surface area contributed by atoms with Gasteiger partial charge in [0.1, 0.15) is 0 Å². The van der Waals surface area contributed by atoms with Gasteiger partial charge in [-0.05, 0) is 50.1 Å². The zero-order chi connectivity index (χ0) is 15.4. The summed E-state index contributed by atoms with van der Waals surface area (Å²) in [6.07, 6.45) is 1.71. The van der Waals surface area contributed by atoms with Crippen molar-refractivity contribution >= 4 is 23.5 Å². The predicted octanol–water partition coefficient (Wildman–Crippen LogP) is 4.81. The topological polar surface area (TPSA) is 41.8 Å². The fourth-order valence-corrected chi connectivity index (χ4v) is 2.25. The van der Waals surface area contributed by atoms with Crippen molar-refractivity contribution in [3.8, 4) is 11.5 Å². The molecule has 2 aromatic rings. The summed E-state index contributed by atoms with van der Waals surface area (Å²) in [7, 11) is 0. The van der Waals surface area contributed by atoms with E-state index in [0.717, 1.165) is 16.8 Å². The van der Waals surface area contributed by atoms with Crippen molar-refractivity contribution in [1.82, 2.24) is 0 Å². The molecule has 4 heteroatoms. The first-order chi connectivity index (χ1) is 10.0. The van der Waals surface area contributed by atoms with Crippen LogP contribution in [0.15, 0.2) is 35.3 Å². The molecule has 0 unspecified atom stereocenters. The molecule has 0 atom stereocenters. The summed E-state index contributed by atoms with van der Waals surface area (Å²) >= 11 is 6.00. The second kappa shape index (κ2) is 6.64. The van der Waals surface area contributed by atoms with Crippen molar-refractivity contribution in [3.05, 3.63) is 52.0 Å². The zero-order valence-corrected chi connectivity index (χ0v) is 13.1. The first-order valence-corrected chi connectivity index (χ1v) is 7.15. The monoisotopic (exact) mass is 303 g/mol. The second-order valence-corrected chi connectivity index (χ2v) is 5.24. The van der Waals surface area contributed by atoms with Crippen LogP contribution in [-0.4, -0.2) is 17.9 Å². The molecule has 2 aromatic carbocycles. The quantitative estimate of drug-likeness (QED) is 0.823. The van der Waals surface area contributed by atoms with E-state index in [9.17, 15) is 5.11 Å². The molecule has 0 saturated carbocycles. The molecule has 21 heavy (non-hydrogen) atoms. The van der Waals surface area contributed by atoms with Crippen LogP contribution in [-0.2, 0) is 0 Å². The summed E-state index contributed by atoms with van der Waals surface area (Å²) in [5.74, 6) is 0.328. The van der Waals surface area contributed by atoms with Crippen LogP contribution in [0.1, 0.15) is 23.6 Å². The summed E-state index contributed by atoms with van der Waals surface area (Å²) < 4.78 is 5.35. The van der Waals surface area contributed by atoms with Gasteiger partial charge in [0.25, 0.3) is 0 Å². The second-order valence-electron chi connectivity index (χ2n) is 4.83. The molecule has 1 N–H and O–H groups in total. The molecule has 0 spiro atoms. The number of hydrogen-bond donors (Lipinski definition) is 1. The average molecular weight is 304 g/mol. The standard InChI is InChI=1S/C17H18ClNO2/c1-4-21-16-9-13(8-14(18)17(16)20)10-19-15-6-5-11(2)7-12(15)3/h5-10,20H,4H2,1-3H3. The number of hydrogen-bond acceptors (Lipinski definition) is 3. The van der Waals surface area contributed by atoms with E-state index >= 15 is 0 Å². The van der Waals surface area contributed by atoms with Crippen molar-refractivity contribution < 1.29 is 9.84 Å².